The predicted molar refractivity (Wildman–Crippen MR) is 74.9 cm³/mol. The number of hydrogen-bond donors (Lipinski definition) is 0. The molecule has 0 spiro atoms. The van der Waals surface area contributed by atoms with Crippen molar-refractivity contribution >= 4 is 22.8 Å². The molecule has 0 atom stereocenters. The van der Waals surface area contributed by atoms with Crippen LogP contribution < -0.4 is 4.74 Å². The number of hydrogen-bond acceptors (Lipinski definition) is 4. The Morgan fingerprint density at radius 2 is 2.00 bits per heavy atom. The van der Waals surface area contributed by atoms with Crippen LogP contribution in [0.4, 0.5) is 0 Å². The van der Waals surface area contributed by atoms with Crippen LogP contribution in [0.15, 0.2) is 18.2 Å². The van der Waals surface area contributed by atoms with E-state index in [1.54, 1.807) is 23.6 Å². The van der Waals surface area contributed by atoms with Crippen LogP contribution in [-0.4, -0.2) is 23.1 Å². The Balaban J connectivity index is 2.57. The van der Waals surface area contributed by atoms with Crippen molar-refractivity contribution in [1.82, 2.24) is 4.57 Å². The van der Waals surface area contributed by atoms with E-state index in [1.165, 1.54) is 6.92 Å². The molecule has 5 nitrogen and oxygen atoms in total. The van der Waals surface area contributed by atoms with Gasteiger partial charge in [-0.3, -0.25) is 4.79 Å². The number of fused-ring (bicyclic) bond motifs is 1. The van der Waals surface area contributed by atoms with E-state index in [2.05, 4.69) is 0 Å². The number of carbonyl (C=O) groups excluding carboxylic acids is 2. The molecule has 0 amide bonds. The second kappa shape index (κ2) is 5.36. The molecule has 106 valence electrons. The van der Waals surface area contributed by atoms with Gasteiger partial charge >= 0.3 is 11.9 Å². The normalized spacial score (nSPS) is 10.6. The van der Waals surface area contributed by atoms with Crippen LogP contribution in [0.5, 0.6) is 5.75 Å². The van der Waals surface area contributed by atoms with E-state index in [0.717, 1.165) is 16.5 Å². The van der Waals surface area contributed by atoms with Gasteiger partial charge in [0.15, 0.2) is 0 Å². The molecule has 0 N–H and O–H groups in total. The number of carbonyl (C=O) groups is 2. The van der Waals surface area contributed by atoms with Gasteiger partial charge in [-0.05, 0) is 37.6 Å². The summed E-state index contributed by atoms with van der Waals surface area (Å²) in [4.78, 5) is 23.0. The van der Waals surface area contributed by atoms with Crippen molar-refractivity contribution in [3.8, 4) is 5.75 Å². The van der Waals surface area contributed by atoms with Crippen LogP contribution in [0.3, 0.4) is 0 Å². The molecule has 0 saturated carbocycles. The number of rotatable bonds is 3. The molecule has 1 aromatic heterocycles. The molecule has 20 heavy (non-hydrogen) atoms. The zero-order valence-corrected chi connectivity index (χ0v) is 12.0. The first kappa shape index (κ1) is 14.1. The molecule has 0 aliphatic carbocycles. The topological polar surface area (TPSA) is 57.5 Å². The lowest BCUT2D eigenvalue weighted by Crippen LogP contribution is -2.10. The zero-order valence-electron chi connectivity index (χ0n) is 12.0. The summed E-state index contributed by atoms with van der Waals surface area (Å²) in [6.07, 6.45) is 0. The van der Waals surface area contributed by atoms with Crippen molar-refractivity contribution in [2.75, 3.05) is 6.61 Å². The van der Waals surface area contributed by atoms with E-state index in [9.17, 15) is 9.59 Å². The van der Waals surface area contributed by atoms with Gasteiger partial charge in [0.25, 0.3) is 0 Å². The zero-order chi connectivity index (χ0) is 14.9. The maximum absolute atomic E-state index is 12.0. The lowest BCUT2D eigenvalue weighted by molar-refractivity contribution is -0.131. The Morgan fingerprint density at radius 3 is 2.60 bits per heavy atom. The average molecular weight is 275 g/mol. The van der Waals surface area contributed by atoms with Gasteiger partial charge in [0, 0.05) is 24.9 Å². The molecule has 0 aliphatic rings. The Kier molecular flexibility index (Phi) is 3.79. The van der Waals surface area contributed by atoms with Crippen LogP contribution >= 0.6 is 0 Å². The number of nitrogens with zero attached hydrogens (tertiary/aromatic N) is 1. The highest BCUT2D eigenvalue weighted by Crippen LogP contribution is 2.28. The van der Waals surface area contributed by atoms with Crippen LogP contribution in [-0.2, 0) is 16.6 Å². The minimum Gasteiger partial charge on any atom is -0.461 e. The average Bonchev–Trinajstić information content (AvgIpc) is 2.61. The van der Waals surface area contributed by atoms with Crippen LogP contribution in [0.25, 0.3) is 10.9 Å². The third-order valence-electron chi connectivity index (χ3n) is 3.15. The monoisotopic (exact) mass is 275 g/mol. The van der Waals surface area contributed by atoms with E-state index >= 15 is 0 Å². The summed E-state index contributed by atoms with van der Waals surface area (Å²) in [6.45, 7) is 5.31. The highest BCUT2D eigenvalue weighted by atomic mass is 16.5. The largest absolute Gasteiger partial charge is 0.461 e. The highest BCUT2D eigenvalue weighted by Gasteiger charge is 2.19. The minimum absolute atomic E-state index is 0.332. The van der Waals surface area contributed by atoms with Crippen molar-refractivity contribution in [3.63, 3.8) is 0 Å². The maximum Gasteiger partial charge on any atom is 0.355 e. The summed E-state index contributed by atoms with van der Waals surface area (Å²) in [6, 6.07) is 5.29. The quantitative estimate of drug-likeness (QED) is 0.638. The van der Waals surface area contributed by atoms with Gasteiger partial charge in [-0.2, -0.15) is 0 Å². The first-order chi connectivity index (χ1) is 9.45. The Hall–Kier alpha value is -2.30. The summed E-state index contributed by atoms with van der Waals surface area (Å²) in [5.41, 5.74) is 2.22. The lowest BCUT2D eigenvalue weighted by atomic mass is 10.1. The van der Waals surface area contributed by atoms with Gasteiger partial charge in [0.05, 0.1) is 6.61 Å². The fourth-order valence-electron chi connectivity index (χ4n) is 2.33. The third-order valence-corrected chi connectivity index (χ3v) is 3.15. The SMILES string of the molecule is CCOC(=O)c1c(C)c2cc(OC(C)=O)ccc2n1C. The number of benzene rings is 1. The van der Waals surface area contributed by atoms with E-state index < -0.39 is 0 Å². The van der Waals surface area contributed by atoms with Crippen LogP contribution in [0.1, 0.15) is 29.9 Å². The van der Waals surface area contributed by atoms with Crippen molar-refractivity contribution in [2.24, 2.45) is 7.05 Å². The molecule has 0 radical (unpaired) electrons. The lowest BCUT2D eigenvalue weighted by Gasteiger charge is -2.04. The molecule has 0 saturated heterocycles. The van der Waals surface area contributed by atoms with Crippen molar-refractivity contribution in [2.45, 2.75) is 20.8 Å². The number of aryl methyl sites for hydroxylation is 2. The van der Waals surface area contributed by atoms with Crippen molar-refractivity contribution in [3.05, 3.63) is 29.5 Å². The number of esters is 2. The maximum atomic E-state index is 12.0. The molecule has 2 rings (SSSR count). The third kappa shape index (κ3) is 2.39. The Labute approximate surface area is 117 Å². The second-order valence-electron chi connectivity index (χ2n) is 4.53. The van der Waals surface area contributed by atoms with E-state index in [-0.39, 0.29) is 11.9 Å². The van der Waals surface area contributed by atoms with Gasteiger partial charge in [-0.15, -0.1) is 0 Å². The molecule has 2 aromatic rings. The summed E-state index contributed by atoms with van der Waals surface area (Å²) >= 11 is 0. The minimum atomic E-state index is -0.372. The van der Waals surface area contributed by atoms with Crippen LogP contribution in [0, 0.1) is 6.92 Å². The standard InChI is InChI=1S/C15H17NO4/c1-5-19-15(18)14-9(2)12-8-11(20-10(3)17)6-7-13(12)16(14)4/h6-8H,5H2,1-4H3. The smallest absolute Gasteiger partial charge is 0.355 e. The van der Waals surface area contributed by atoms with E-state index in [1.807, 2.05) is 20.0 Å². The molecule has 0 bridgehead atoms. The summed E-state index contributed by atoms with van der Waals surface area (Å²) in [7, 11) is 1.81. The molecule has 0 unspecified atom stereocenters. The van der Waals surface area contributed by atoms with Gasteiger partial charge in [-0.1, -0.05) is 0 Å². The molecule has 1 aromatic carbocycles. The predicted octanol–water partition coefficient (Wildman–Crippen LogP) is 2.59. The van der Waals surface area contributed by atoms with Gasteiger partial charge in [0.2, 0.25) is 0 Å². The van der Waals surface area contributed by atoms with Gasteiger partial charge in [-0.25, -0.2) is 4.79 Å². The Bertz CT molecular complexity index is 685. The van der Waals surface area contributed by atoms with Gasteiger partial charge in [0.1, 0.15) is 11.4 Å². The van der Waals surface area contributed by atoms with E-state index in [0.29, 0.717) is 18.1 Å². The second-order valence-corrected chi connectivity index (χ2v) is 4.53. The molecule has 0 aliphatic heterocycles. The van der Waals surface area contributed by atoms with Crippen molar-refractivity contribution in [1.29, 1.82) is 0 Å². The highest BCUT2D eigenvalue weighted by molar-refractivity contribution is 5.99. The summed E-state index contributed by atoms with van der Waals surface area (Å²) in [5, 5.41) is 0.870. The van der Waals surface area contributed by atoms with Crippen LogP contribution in [0.2, 0.25) is 0 Å². The fraction of sp³-hybridized carbons (Fsp3) is 0.333. The van der Waals surface area contributed by atoms with Gasteiger partial charge < -0.3 is 14.0 Å². The van der Waals surface area contributed by atoms with Crippen molar-refractivity contribution < 1.29 is 19.1 Å². The molecular weight excluding hydrogens is 258 g/mol. The number of aromatic nitrogens is 1. The first-order valence-corrected chi connectivity index (χ1v) is 6.40. The number of ether oxygens (including phenoxy) is 2. The van der Waals surface area contributed by atoms with E-state index in [4.69, 9.17) is 9.47 Å². The molecule has 0 fully saturated rings. The first-order valence-electron chi connectivity index (χ1n) is 6.40. The molecular formula is C15H17NO4. The molecule has 5 heteroatoms. The summed E-state index contributed by atoms with van der Waals surface area (Å²) < 4.78 is 11.9. The Morgan fingerprint density at radius 1 is 1.30 bits per heavy atom. The fourth-order valence-corrected chi connectivity index (χ4v) is 2.33. The molecule has 1 heterocycles. The summed E-state index contributed by atoms with van der Waals surface area (Å²) in [5.74, 6) is -0.254.